The number of benzene rings is 1. The standard InChI is InChI=1S/C9H7ClFNO2/c10-5-2-1-3-6(11)8(5)7-4-12-9(13)14-7/h1-3,7H,4H2,(H,12,13). The molecule has 14 heavy (non-hydrogen) atoms. The minimum absolute atomic E-state index is 0.229. The fourth-order valence-corrected chi connectivity index (χ4v) is 1.65. The normalized spacial score (nSPS) is 20.4. The molecule has 1 amide bonds. The van der Waals surface area contributed by atoms with Crippen LogP contribution in [0.15, 0.2) is 18.2 Å². The van der Waals surface area contributed by atoms with E-state index < -0.39 is 18.0 Å². The van der Waals surface area contributed by atoms with Crippen LogP contribution in [0.4, 0.5) is 9.18 Å². The fraction of sp³-hybridized carbons (Fsp3) is 0.222. The van der Waals surface area contributed by atoms with Crippen LogP contribution in [-0.4, -0.2) is 12.6 Å². The Hall–Kier alpha value is -1.29. The number of halogens is 2. The lowest BCUT2D eigenvalue weighted by Gasteiger charge is -2.10. The van der Waals surface area contributed by atoms with Crippen molar-refractivity contribution in [3.05, 3.63) is 34.6 Å². The van der Waals surface area contributed by atoms with Crippen molar-refractivity contribution in [2.75, 3.05) is 6.54 Å². The zero-order valence-electron chi connectivity index (χ0n) is 7.09. The summed E-state index contributed by atoms with van der Waals surface area (Å²) in [5.41, 5.74) is 0.229. The molecule has 2 rings (SSSR count). The van der Waals surface area contributed by atoms with Crippen LogP contribution in [0.1, 0.15) is 11.7 Å². The van der Waals surface area contributed by atoms with E-state index in [4.69, 9.17) is 16.3 Å². The van der Waals surface area contributed by atoms with Gasteiger partial charge in [-0.05, 0) is 12.1 Å². The molecule has 1 atom stereocenters. The van der Waals surface area contributed by atoms with Crippen molar-refractivity contribution in [3.63, 3.8) is 0 Å². The second kappa shape index (κ2) is 3.46. The third-order valence-corrected chi connectivity index (χ3v) is 2.33. The molecule has 1 aromatic rings. The number of hydrogen-bond acceptors (Lipinski definition) is 2. The number of ether oxygens (including phenoxy) is 1. The minimum atomic E-state index is -0.629. The predicted octanol–water partition coefficient (Wildman–Crippen LogP) is 2.26. The Morgan fingerprint density at radius 2 is 2.36 bits per heavy atom. The lowest BCUT2D eigenvalue weighted by Crippen LogP contribution is -2.12. The summed E-state index contributed by atoms with van der Waals surface area (Å²) in [4.78, 5) is 10.8. The van der Waals surface area contributed by atoms with E-state index in [9.17, 15) is 9.18 Å². The highest BCUT2D eigenvalue weighted by Crippen LogP contribution is 2.29. The Morgan fingerprint density at radius 3 is 2.93 bits per heavy atom. The summed E-state index contributed by atoms with van der Waals surface area (Å²) in [6, 6.07) is 4.35. The first-order valence-corrected chi connectivity index (χ1v) is 4.44. The molecular weight excluding hydrogens is 209 g/mol. The van der Waals surface area contributed by atoms with E-state index in [-0.39, 0.29) is 17.1 Å². The highest BCUT2D eigenvalue weighted by Gasteiger charge is 2.28. The number of cyclic esters (lactones) is 1. The molecule has 5 heteroatoms. The molecular formula is C9H7ClFNO2. The van der Waals surface area contributed by atoms with E-state index in [1.54, 1.807) is 6.07 Å². The summed E-state index contributed by atoms with van der Waals surface area (Å²) in [5.74, 6) is -0.459. The maximum absolute atomic E-state index is 13.3. The molecule has 0 aliphatic carbocycles. The van der Waals surface area contributed by atoms with Gasteiger partial charge >= 0.3 is 6.09 Å². The van der Waals surface area contributed by atoms with Crippen molar-refractivity contribution in [3.8, 4) is 0 Å². The number of nitrogens with one attached hydrogen (secondary N) is 1. The Bertz CT molecular complexity index is 363. The molecule has 0 radical (unpaired) electrons. The SMILES string of the molecule is O=C1NCC(c2c(F)cccc2Cl)O1. The van der Waals surface area contributed by atoms with E-state index >= 15 is 0 Å². The molecule has 3 nitrogen and oxygen atoms in total. The molecule has 1 aromatic carbocycles. The van der Waals surface area contributed by atoms with Crippen molar-refractivity contribution < 1.29 is 13.9 Å². The number of carbonyl (C=O) groups excluding carboxylic acids is 1. The first-order chi connectivity index (χ1) is 6.68. The van der Waals surface area contributed by atoms with Gasteiger partial charge < -0.3 is 10.1 Å². The topological polar surface area (TPSA) is 38.3 Å². The van der Waals surface area contributed by atoms with Gasteiger partial charge in [-0.15, -0.1) is 0 Å². The molecule has 74 valence electrons. The highest BCUT2D eigenvalue weighted by atomic mass is 35.5. The summed E-state index contributed by atoms with van der Waals surface area (Å²) in [7, 11) is 0. The van der Waals surface area contributed by atoms with Crippen LogP contribution in [0.3, 0.4) is 0 Å². The Morgan fingerprint density at radius 1 is 1.57 bits per heavy atom. The molecule has 1 fully saturated rings. The Kier molecular flexibility index (Phi) is 2.29. The van der Waals surface area contributed by atoms with Gasteiger partial charge in [0.1, 0.15) is 5.82 Å². The molecule has 1 aliphatic heterocycles. The van der Waals surface area contributed by atoms with E-state index in [0.717, 1.165) is 0 Å². The maximum Gasteiger partial charge on any atom is 0.407 e. The van der Waals surface area contributed by atoms with Crippen LogP contribution in [0, 0.1) is 5.82 Å². The largest absolute Gasteiger partial charge is 0.439 e. The van der Waals surface area contributed by atoms with Crippen molar-refractivity contribution in [2.24, 2.45) is 0 Å². The lowest BCUT2D eigenvalue weighted by atomic mass is 10.1. The molecule has 0 bridgehead atoms. The lowest BCUT2D eigenvalue weighted by molar-refractivity contribution is 0.139. The van der Waals surface area contributed by atoms with E-state index in [1.165, 1.54) is 12.1 Å². The van der Waals surface area contributed by atoms with Crippen LogP contribution in [-0.2, 0) is 4.74 Å². The first-order valence-electron chi connectivity index (χ1n) is 4.07. The van der Waals surface area contributed by atoms with Gasteiger partial charge in [0.05, 0.1) is 11.6 Å². The van der Waals surface area contributed by atoms with E-state index in [2.05, 4.69) is 5.32 Å². The van der Waals surface area contributed by atoms with Crippen LogP contribution in [0.5, 0.6) is 0 Å². The third-order valence-electron chi connectivity index (χ3n) is 2.00. The van der Waals surface area contributed by atoms with Crippen molar-refractivity contribution in [1.82, 2.24) is 5.32 Å². The van der Waals surface area contributed by atoms with Gasteiger partial charge in [0.2, 0.25) is 0 Å². The summed E-state index contributed by atoms with van der Waals surface area (Å²) < 4.78 is 18.2. The molecule has 1 N–H and O–H groups in total. The zero-order valence-corrected chi connectivity index (χ0v) is 7.84. The van der Waals surface area contributed by atoms with Crippen molar-refractivity contribution >= 4 is 17.7 Å². The predicted molar refractivity (Wildman–Crippen MR) is 48.6 cm³/mol. The van der Waals surface area contributed by atoms with Gasteiger partial charge in [-0.3, -0.25) is 0 Å². The van der Waals surface area contributed by atoms with Gasteiger partial charge in [0.25, 0.3) is 0 Å². The molecule has 0 aromatic heterocycles. The smallest absolute Gasteiger partial charge is 0.407 e. The number of hydrogen-bond donors (Lipinski definition) is 1. The Balaban J connectivity index is 2.36. The molecule has 1 aliphatic rings. The number of alkyl carbamates (subject to hydrolysis) is 1. The molecule has 0 saturated carbocycles. The molecule has 1 saturated heterocycles. The van der Waals surface area contributed by atoms with Crippen LogP contribution >= 0.6 is 11.6 Å². The van der Waals surface area contributed by atoms with Gasteiger partial charge in [-0.2, -0.15) is 0 Å². The van der Waals surface area contributed by atoms with E-state index in [1.807, 2.05) is 0 Å². The highest BCUT2D eigenvalue weighted by molar-refractivity contribution is 6.31. The van der Waals surface area contributed by atoms with Crippen molar-refractivity contribution in [2.45, 2.75) is 6.10 Å². The average Bonchev–Trinajstić information content (AvgIpc) is 2.51. The first kappa shape index (κ1) is 9.27. The summed E-state index contributed by atoms with van der Waals surface area (Å²) >= 11 is 5.80. The monoisotopic (exact) mass is 215 g/mol. The fourth-order valence-electron chi connectivity index (χ4n) is 1.37. The third kappa shape index (κ3) is 1.53. The maximum atomic E-state index is 13.3. The van der Waals surface area contributed by atoms with Gasteiger partial charge in [0.15, 0.2) is 6.10 Å². The van der Waals surface area contributed by atoms with Gasteiger partial charge in [0, 0.05) is 5.56 Å². The number of carbonyl (C=O) groups is 1. The van der Waals surface area contributed by atoms with Crippen LogP contribution in [0.2, 0.25) is 5.02 Å². The van der Waals surface area contributed by atoms with Crippen molar-refractivity contribution in [1.29, 1.82) is 0 Å². The van der Waals surface area contributed by atoms with Gasteiger partial charge in [-0.1, -0.05) is 17.7 Å². The van der Waals surface area contributed by atoms with Gasteiger partial charge in [-0.25, -0.2) is 9.18 Å². The van der Waals surface area contributed by atoms with E-state index in [0.29, 0.717) is 0 Å². The Labute approximate surface area is 84.8 Å². The molecule has 1 unspecified atom stereocenters. The summed E-state index contributed by atoms with van der Waals surface area (Å²) in [6.07, 6.45) is -1.18. The zero-order chi connectivity index (χ0) is 10.1. The number of amides is 1. The number of rotatable bonds is 1. The summed E-state index contributed by atoms with van der Waals surface area (Å²) in [5, 5.41) is 2.71. The average molecular weight is 216 g/mol. The molecule has 0 spiro atoms. The second-order valence-corrected chi connectivity index (χ2v) is 3.32. The van der Waals surface area contributed by atoms with Crippen LogP contribution in [0.25, 0.3) is 0 Å². The molecule has 1 heterocycles. The minimum Gasteiger partial charge on any atom is -0.439 e. The summed E-state index contributed by atoms with van der Waals surface area (Å²) in [6.45, 7) is 0.249. The second-order valence-electron chi connectivity index (χ2n) is 2.91. The van der Waals surface area contributed by atoms with Crippen LogP contribution < -0.4 is 5.32 Å². The quantitative estimate of drug-likeness (QED) is 0.781.